The topological polar surface area (TPSA) is 79.9 Å². The van der Waals surface area contributed by atoms with Crippen molar-refractivity contribution < 1.29 is 19.1 Å². The third kappa shape index (κ3) is 4.24. The molecule has 3 amide bonds. The fourth-order valence-corrected chi connectivity index (χ4v) is 2.63. The first-order chi connectivity index (χ1) is 12.7. The number of nitrogens with one attached hydrogen (secondary N) is 2. The van der Waals surface area contributed by atoms with E-state index in [1.54, 1.807) is 41.3 Å². The van der Waals surface area contributed by atoms with E-state index in [1.165, 1.54) is 0 Å². The van der Waals surface area contributed by atoms with Gasteiger partial charge in [0.15, 0.2) is 18.1 Å². The molecule has 0 aromatic heterocycles. The summed E-state index contributed by atoms with van der Waals surface area (Å²) in [6.45, 7) is 3.56. The molecule has 3 rings (SSSR count). The molecule has 2 aromatic carbocycles. The molecule has 1 fully saturated rings. The maximum Gasteiger partial charge on any atom is 0.321 e. The Morgan fingerprint density at radius 1 is 1.12 bits per heavy atom. The Morgan fingerprint density at radius 3 is 2.42 bits per heavy atom. The number of rotatable bonds is 7. The summed E-state index contributed by atoms with van der Waals surface area (Å²) in [5, 5.41) is 5.52. The summed E-state index contributed by atoms with van der Waals surface area (Å²) in [6, 6.07) is 14.2. The molecular formula is C19H21N3O4. The van der Waals surface area contributed by atoms with Crippen LogP contribution in [0.25, 0.3) is 0 Å². The van der Waals surface area contributed by atoms with Crippen LogP contribution in [-0.4, -0.2) is 38.2 Å². The summed E-state index contributed by atoms with van der Waals surface area (Å²) in [5.74, 6) is 0.860. The van der Waals surface area contributed by atoms with Crippen molar-refractivity contribution in [3.63, 3.8) is 0 Å². The second-order valence-electron chi connectivity index (χ2n) is 5.65. The Bertz CT molecular complexity index is 777. The highest BCUT2D eigenvalue weighted by Crippen LogP contribution is 2.26. The Balaban J connectivity index is 1.54. The van der Waals surface area contributed by atoms with Crippen LogP contribution in [0.5, 0.6) is 11.5 Å². The van der Waals surface area contributed by atoms with Crippen LogP contribution >= 0.6 is 0 Å². The number of amides is 3. The van der Waals surface area contributed by atoms with Crippen LogP contribution < -0.4 is 25.0 Å². The SMILES string of the molecule is CCOc1ccccc1OCC(=O)Nc1ccc(N2CCNC2=O)cc1. The molecule has 1 saturated heterocycles. The van der Waals surface area contributed by atoms with Crippen molar-refractivity contribution >= 4 is 23.3 Å². The zero-order valence-corrected chi connectivity index (χ0v) is 14.5. The molecule has 1 aliphatic rings. The molecule has 2 N–H and O–H groups in total. The number of anilines is 2. The highest BCUT2D eigenvalue weighted by Gasteiger charge is 2.20. The molecule has 7 nitrogen and oxygen atoms in total. The van der Waals surface area contributed by atoms with Crippen molar-refractivity contribution in [2.75, 3.05) is 36.5 Å². The molecule has 0 unspecified atom stereocenters. The van der Waals surface area contributed by atoms with Crippen LogP contribution in [0.15, 0.2) is 48.5 Å². The Labute approximate surface area is 151 Å². The zero-order valence-electron chi connectivity index (χ0n) is 14.5. The van der Waals surface area contributed by atoms with Gasteiger partial charge in [0.25, 0.3) is 5.91 Å². The molecule has 136 valence electrons. The van der Waals surface area contributed by atoms with E-state index in [0.717, 1.165) is 5.69 Å². The zero-order chi connectivity index (χ0) is 18.4. The molecule has 0 radical (unpaired) electrons. The van der Waals surface area contributed by atoms with E-state index < -0.39 is 0 Å². The molecule has 0 aliphatic carbocycles. The predicted molar refractivity (Wildman–Crippen MR) is 98.9 cm³/mol. The molecule has 2 aromatic rings. The first-order valence-corrected chi connectivity index (χ1v) is 8.47. The highest BCUT2D eigenvalue weighted by atomic mass is 16.5. The number of benzene rings is 2. The lowest BCUT2D eigenvalue weighted by Crippen LogP contribution is -2.27. The lowest BCUT2D eigenvalue weighted by atomic mass is 10.2. The van der Waals surface area contributed by atoms with Gasteiger partial charge in [-0.05, 0) is 43.3 Å². The van der Waals surface area contributed by atoms with Crippen LogP contribution in [0.2, 0.25) is 0 Å². The van der Waals surface area contributed by atoms with Gasteiger partial charge in [0.05, 0.1) is 6.61 Å². The molecule has 26 heavy (non-hydrogen) atoms. The van der Waals surface area contributed by atoms with Crippen LogP contribution in [0.1, 0.15) is 6.92 Å². The lowest BCUT2D eigenvalue weighted by molar-refractivity contribution is -0.118. The van der Waals surface area contributed by atoms with Gasteiger partial charge in [0, 0.05) is 24.5 Å². The normalized spacial score (nSPS) is 13.3. The fraction of sp³-hybridized carbons (Fsp3) is 0.263. The maximum absolute atomic E-state index is 12.1. The molecule has 7 heteroatoms. The van der Waals surface area contributed by atoms with E-state index in [1.807, 2.05) is 19.1 Å². The van der Waals surface area contributed by atoms with Crippen molar-refractivity contribution in [3.05, 3.63) is 48.5 Å². The standard InChI is InChI=1S/C19H21N3O4/c1-2-25-16-5-3-4-6-17(16)26-13-18(23)21-14-7-9-15(10-8-14)22-12-11-20-19(22)24/h3-10H,2,11-13H2,1H3,(H,20,24)(H,21,23). The van der Waals surface area contributed by atoms with Gasteiger partial charge in [-0.15, -0.1) is 0 Å². The number of para-hydroxylation sites is 2. The van der Waals surface area contributed by atoms with Crippen molar-refractivity contribution in [2.24, 2.45) is 0 Å². The number of hydrogen-bond acceptors (Lipinski definition) is 4. The summed E-state index contributed by atoms with van der Waals surface area (Å²) in [4.78, 5) is 25.4. The summed E-state index contributed by atoms with van der Waals surface area (Å²) >= 11 is 0. The van der Waals surface area contributed by atoms with Gasteiger partial charge in [-0.2, -0.15) is 0 Å². The number of ether oxygens (including phenoxy) is 2. The van der Waals surface area contributed by atoms with Gasteiger partial charge in [-0.25, -0.2) is 4.79 Å². The van der Waals surface area contributed by atoms with Crippen LogP contribution in [0.3, 0.4) is 0 Å². The van der Waals surface area contributed by atoms with Gasteiger partial charge in [-0.3, -0.25) is 9.69 Å². The van der Waals surface area contributed by atoms with Gasteiger partial charge in [-0.1, -0.05) is 12.1 Å². The summed E-state index contributed by atoms with van der Waals surface area (Å²) in [7, 11) is 0. The molecule has 1 aliphatic heterocycles. The Morgan fingerprint density at radius 2 is 1.81 bits per heavy atom. The van der Waals surface area contributed by atoms with Gasteiger partial charge < -0.3 is 20.1 Å². The Hall–Kier alpha value is -3.22. The van der Waals surface area contributed by atoms with Crippen LogP contribution in [0.4, 0.5) is 16.2 Å². The molecule has 0 atom stereocenters. The number of nitrogens with zero attached hydrogens (tertiary/aromatic N) is 1. The van der Waals surface area contributed by atoms with Crippen molar-refractivity contribution in [3.8, 4) is 11.5 Å². The van der Waals surface area contributed by atoms with E-state index in [4.69, 9.17) is 9.47 Å². The van der Waals surface area contributed by atoms with E-state index in [-0.39, 0.29) is 18.5 Å². The predicted octanol–water partition coefficient (Wildman–Crippen LogP) is 2.63. The minimum Gasteiger partial charge on any atom is -0.490 e. The summed E-state index contributed by atoms with van der Waals surface area (Å²) in [5.41, 5.74) is 1.43. The molecule has 1 heterocycles. The van der Waals surface area contributed by atoms with Crippen LogP contribution in [-0.2, 0) is 4.79 Å². The van der Waals surface area contributed by atoms with Crippen LogP contribution in [0, 0.1) is 0 Å². The Kier molecular flexibility index (Phi) is 5.58. The average molecular weight is 355 g/mol. The van der Waals surface area contributed by atoms with Crippen molar-refractivity contribution in [1.82, 2.24) is 5.32 Å². The maximum atomic E-state index is 12.1. The summed E-state index contributed by atoms with van der Waals surface area (Å²) in [6.07, 6.45) is 0. The number of carbonyl (C=O) groups excluding carboxylic acids is 2. The molecule has 0 bridgehead atoms. The monoisotopic (exact) mass is 355 g/mol. The first-order valence-electron chi connectivity index (χ1n) is 8.47. The number of urea groups is 1. The van der Waals surface area contributed by atoms with Gasteiger partial charge >= 0.3 is 6.03 Å². The second kappa shape index (κ2) is 8.24. The molecule has 0 spiro atoms. The van der Waals surface area contributed by atoms with Crippen molar-refractivity contribution in [2.45, 2.75) is 6.92 Å². The van der Waals surface area contributed by atoms with Gasteiger partial charge in [0.1, 0.15) is 0 Å². The highest BCUT2D eigenvalue weighted by molar-refractivity contribution is 5.95. The van der Waals surface area contributed by atoms with E-state index >= 15 is 0 Å². The van der Waals surface area contributed by atoms with Crippen molar-refractivity contribution in [1.29, 1.82) is 0 Å². The smallest absolute Gasteiger partial charge is 0.321 e. The lowest BCUT2D eigenvalue weighted by Gasteiger charge is -2.15. The minimum absolute atomic E-state index is 0.108. The quantitative estimate of drug-likeness (QED) is 0.800. The molecule has 0 saturated carbocycles. The van der Waals surface area contributed by atoms with Gasteiger partial charge in [0.2, 0.25) is 0 Å². The van der Waals surface area contributed by atoms with E-state index in [0.29, 0.717) is 36.9 Å². The average Bonchev–Trinajstić information content (AvgIpc) is 3.08. The largest absolute Gasteiger partial charge is 0.490 e. The third-order valence-electron chi connectivity index (χ3n) is 3.83. The third-order valence-corrected chi connectivity index (χ3v) is 3.83. The number of hydrogen-bond donors (Lipinski definition) is 2. The number of carbonyl (C=O) groups is 2. The second-order valence-corrected chi connectivity index (χ2v) is 5.65. The fourth-order valence-electron chi connectivity index (χ4n) is 2.63. The summed E-state index contributed by atoms with van der Waals surface area (Å²) < 4.78 is 11.0. The van der Waals surface area contributed by atoms with E-state index in [9.17, 15) is 9.59 Å². The van der Waals surface area contributed by atoms with E-state index in [2.05, 4.69) is 10.6 Å². The minimum atomic E-state index is -0.275. The molecular weight excluding hydrogens is 334 g/mol. The first kappa shape index (κ1) is 17.6.